The SMILES string of the molecule is Cc1ccccc1-n1c(SCC(=O)NC2CCCCC2)nnc1-c1cccnc1. The van der Waals surface area contributed by atoms with Gasteiger partial charge in [0.1, 0.15) is 0 Å². The Bertz CT molecular complexity index is 966. The van der Waals surface area contributed by atoms with Gasteiger partial charge >= 0.3 is 0 Å². The molecule has 0 spiro atoms. The molecule has 2 heterocycles. The first kappa shape index (κ1) is 19.6. The van der Waals surface area contributed by atoms with E-state index < -0.39 is 0 Å². The van der Waals surface area contributed by atoms with Gasteiger partial charge in [0.2, 0.25) is 5.91 Å². The highest BCUT2D eigenvalue weighted by atomic mass is 32.2. The molecule has 0 bridgehead atoms. The van der Waals surface area contributed by atoms with Crippen LogP contribution < -0.4 is 5.32 Å². The minimum Gasteiger partial charge on any atom is -0.353 e. The number of thioether (sulfide) groups is 1. The summed E-state index contributed by atoms with van der Waals surface area (Å²) in [5.74, 6) is 1.11. The van der Waals surface area contributed by atoms with E-state index in [-0.39, 0.29) is 5.91 Å². The van der Waals surface area contributed by atoms with Crippen LogP contribution in [0.4, 0.5) is 0 Å². The lowest BCUT2D eigenvalue weighted by atomic mass is 9.95. The maximum Gasteiger partial charge on any atom is 0.230 e. The second kappa shape index (κ2) is 9.22. The molecule has 0 unspecified atom stereocenters. The van der Waals surface area contributed by atoms with Crippen molar-refractivity contribution in [2.75, 3.05) is 5.75 Å². The van der Waals surface area contributed by atoms with Crippen LogP contribution in [0.3, 0.4) is 0 Å². The van der Waals surface area contributed by atoms with Crippen LogP contribution in [-0.4, -0.2) is 37.5 Å². The Balaban J connectivity index is 1.57. The van der Waals surface area contributed by atoms with Crippen molar-refractivity contribution in [3.05, 3.63) is 54.4 Å². The number of para-hydroxylation sites is 1. The molecule has 0 aliphatic heterocycles. The summed E-state index contributed by atoms with van der Waals surface area (Å²) in [6.45, 7) is 2.06. The van der Waals surface area contributed by atoms with Crippen LogP contribution in [0.2, 0.25) is 0 Å². The van der Waals surface area contributed by atoms with Crippen LogP contribution >= 0.6 is 11.8 Å². The molecule has 29 heavy (non-hydrogen) atoms. The Morgan fingerprint density at radius 1 is 1.14 bits per heavy atom. The lowest BCUT2D eigenvalue weighted by molar-refractivity contribution is -0.119. The van der Waals surface area contributed by atoms with E-state index in [0.29, 0.717) is 17.0 Å². The third-order valence-electron chi connectivity index (χ3n) is 5.21. The zero-order valence-electron chi connectivity index (χ0n) is 16.5. The standard InChI is InChI=1S/C22H25N5OS/c1-16-8-5-6-12-19(16)27-21(17-9-7-13-23-14-17)25-26-22(27)29-15-20(28)24-18-10-3-2-4-11-18/h5-9,12-14,18H,2-4,10-11,15H2,1H3,(H,24,28). The first-order valence-corrected chi connectivity index (χ1v) is 11.0. The summed E-state index contributed by atoms with van der Waals surface area (Å²) in [5.41, 5.74) is 3.01. The highest BCUT2D eigenvalue weighted by molar-refractivity contribution is 7.99. The number of nitrogens with one attached hydrogen (secondary N) is 1. The summed E-state index contributed by atoms with van der Waals surface area (Å²) in [6.07, 6.45) is 9.37. The van der Waals surface area contributed by atoms with E-state index >= 15 is 0 Å². The van der Waals surface area contributed by atoms with Crippen LogP contribution in [0.5, 0.6) is 0 Å². The summed E-state index contributed by atoms with van der Waals surface area (Å²) < 4.78 is 2.02. The monoisotopic (exact) mass is 407 g/mol. The molecule has 150 valence electrons. The molecule has 6 nitrogen and oxygen atoms in total. The Labute approximate surface area is 175 Å². The molecule has 2 aromatic heterocycles. The number of amides is 1. The zero-order chi connectivity index (χ0) is 20.1. The number of aryl methyl sites for hydroxylation is 1. The third kappa shape index (κ3) is 4.67. The van der Waals surface area contributed by atoms with Crippen molar-refractivity contribution < 1.29 is 4.79 Å². The van der Waals surface area contributed by atoms with Gasteiger partial charge in [-0.1, -0.05) is 49.2 Å². The summed E-state index contributed by atoms with van der Waals surface area (Å²) >= 11 is 1.42. The fraction of sp³-hybridized carbons (Fsp3) is 0.364. The molecule has 7 heteroatoms. The maximum atomic E-state index is 12.5. The van der Waals surface area contributed by atoms with E-state index in [1.165, 1.54) is 31.0 Å². The molecule has 4 rings (SSSR count). The van der Waals surface area contributed by atoms with Crippen molar-refractivity contribution in [3.8, 4) is 17.1 Å². The number of hydrogen-bond acceptors (Lipinski definition) is 5. The van der Waals surface area contributed by atoms with Crippen LogP contribution in [0, 0.1) is 6.92 Å². The zero-order valence-corrected chi connectivity index (χ0v) is 17.4. The summed E-state index contributed by atoms with van der Waals surface area (Å²) in [4.78, 5) is 16.7. The quantitative estimate of drug-likeness (QED) is 0.621. The van der Waals surface area contributed by atoms with E-state index in [2.05, 4.69) is 33.5 Å². The van der Waals surface area contributed by atoms with Gasteiger partial charge in [0, 0.05) is 24.0 Å². The van der Waals surface area contributed by atoms with E-state index in [9.17, 15) is 4.79 Å². The van der Waals surface area contributed by atoms with Gasteiger partial charge in [0.25, 0.3) is 0 Å². The molecule has 1 aliphatic rings. The number of rotatable bonds is 6. The van der Waals surface area contributed by atoms with Crippen molar-refractivity contribution in [1.29, 1.82) is 0 Å². The molecule has 0 saturated heterocycles. The van der Waals surface area contributed by atoms with Gasteiger partial charge in [-0.25, -0.2) is 0 Å². The number of carbonyl (C=O) groups excluding carboxylic acids is 1. The van der Waals surface area contributed by atoms with Crippen LogP contribution in [0.25, 0.3) is 17.1 Å². The summed E-state index contributed by atoms with van der Waals surface area (Å²) in [5, 5.41) is 12.7. The van der Waals surface area contributed by atoms with Gasteiger partial charge in [-0.2, -0.15) is 0 Å². The lowest BCUT2D eigenvalue weighted by Crippen LogP contribution is -2.37. The molecule has 1 fully saturated rings. The molecule has 0 atom stereocenters. The smallest absolute Gasteiger partial charge is 0.230 e. The van der Waals surface area contributed by atoms with Gasteiger partial charge in [-0.15, -0.1) is 10.2 Å². The van der Waals surface area contributed by atoms with Gasteiger partial charge in [0.05, 0.1) is 11.4 Å². The molecule has 1 aliphatic carbocycles. The number of nitrogens with zero attached hydrogens (tertiary/aromatic N) is 4. The second-order valence-electron chi connectivity index (χ2n) is 7.36. The first-order chi connectivity index (χ1) is 14.2. The van der Waals surface area contributed by atoms with Gasteiger partial charge in [-0.05, 0) is 43.5 Å². The number of hydrogen-bond donors (Lipinski definition) is 1. The topological polar surface area (TPSA) is 72.7 Å². The first-order valence-electron chi connectivity index (χ1n) is 10.1. The predicted molar refractivity (Wildman–Crippen MR) is 115 cm³/mol. The fourth-order valence-electron chi connectivity index (χ4n) is 3.72. The number of pyridine rings is 1. The number of aromatic nitrogens is 4. The minimum absolute atomic E-state index is 0.0594. The fourth-order valence-corrected chi connectivity index (χ4v) is 4.48. The summed E-state index contributed by atoms with van der Waals surface area (Å²) in [7, 11) is 0. The third-order valence-corrected chi connectivity index (χ3v) is 6.14. The molecule has 1 aromatic carbocycles. The number of benzene rings is 1. The molecule has 1 amide bonds. The van der Waals surface area contributed by atoms with Gasteiger partial charge < -0.3 is 5.32 Å². The van der Waals surface area contributed by atoms with Crippen molar-refractivity contribution in [3.63, 3.8) is 0 Å². The van der Waals surface area contributed by atoms with E-state index in [1.54, 1.807) is 12.4 Å². The molecule has 0 radical (unpaired) electrons. The average molecular weight is 408 g/mol. The maximum absolute atomic E-state index is 12.5. The Hall–Kier alpha value is -2.67. The molecular weight excluding hydrogens is 382 g/mol. The van der Waals surface area contributed by atoms with Crippen LogP contribution in [0.15, 0.2) is 53.9 Å². The highest BCUT2D eigenvalue weighted by Crippen LogP contribution is 2.29. The average Bonchev–Trinajstić information content (AvgIpc) is 3.18. The lowest BCUT2D eigenvalue weighted by Gasteiger charge is -2.22. The van der Waals surface area contributed by atoms with Crippen molar-refractivity contribution in [1.82, 2.24) is 25.1 Å². The largest absolute Gasteiger partial charge is 0.353 e. The molecule has 1 N–H and O–H groups in total. The van der Waals surface area contributed by atoms with Crippen LogP contribution in [0.1, 0.15) is 37.7 Å². The van der Waals surface area contributed by atoms with Crippen molar-refractivity contribution in [2.45, 2.75) is 50.2 Å². The Kier molecular flexibility index (Phi) is 6.24. The van der Waals surface area contributed by atoms with E-state index in [4.69, 9.17) is 0 Å². The van der Waals surface area contributed by atoms with Crippen molar-refractivity contribution >= 4 is 17.7 Å². The second-order valence-corrected chi connectivity index (χ2v) is 8.30. The molecular formula is C22H25N5OS. The molecule has 1 saturated carbocycles. The van der Waals surface area contributed by atoms with E-state index in [1.807, 2.05) is 34.9 Å². The minimum atomic E-state index is 0.0594. The van der Waals surface area contributed by atoms with Crippen molar-refractivity contribution in [2.24, 2.45) is 0 Å². The Morgan fingerprint density at radius 2 is 1.97 bits per heavy atom. The van der Waals surface area contributed by atoms with Gasteiger partial charge in [0.15, 0.2) is 11.0 Å². The van der Waals surface area contributed by atoms with Crippen LogP contribution in [-0.2, 0) is 4.79 Å². The predicted octanol–water partition coefficient (Wildman–Crippen LogP) is 4.18. The summed E-state index contributed by atoms with van der Waals surface area (Å²) in [6, 6.07) is 12.3. The highest BCUT2D eigenvalue weighted by Gasteiger charge is 2.20. The normalized spacial score (nSPS) is 14.7. The number of carbonyl (C=O) groups is 1. The Morgan fingerprint density at radius 3 is 2.72 bits per heavy atom. The van der Waals surface area contributed by atoms with E-state index in [0.717, 1.165) is 35.5 Å². The van der Waals surface area contributed by atoms with Gasteiger partial charge in [-0.3, -0.25) is 14.3 Å². The molecule has 3 aromatic rings.